The number of hydrogen-bond donors (Lipinski definition) is 0. The molecule has 11 heavy (non-hydrogen) atoms. The minimum Gasteiger partial charge on any atom is -0.299 e. The lowest BCUT2D eigenvalue weighted by Gasteiger charge is -2.02. The van der Waals surface area contributed by atoms with Crippen molar-refractivity contribution in [2.45, 2.75) is 12.8 Å². The number of carbonyl (C=O) groups excluding carboxylic acids is 2. The van der Waals surface area contributed by atoms with Gasteiger partial charge in [-0.1, -0.05) is 0 Å². The van der Waals surface area contributed by atoms with Crippen molar-refractivity contribution >= 4 is 11.6 Å². The Morgan fingerprint density at radius 1 is 1.36 bits per heavy atom. The number of ketones is 2. The summed E-state index contributed by atoms with van der Waals surface area (Å²) >= 11 is 0. The van der Waals surface area contributed by atoms with Gasteiger partial charge in [-0.2, -0.15) is 0 Å². The summed E-state index contributed by atoms with van der Waals surface area (Å²) in [5, 5.41) is 10.1. The number of carbonyl (C=O) groups is 2. The molecule has 0 fully saturated rings. The third kappa shape index (κ3) is 1.70. The summed E-state index contributed by atoms with van der Waals surface area (Å²) < 4.78 is 0. The van der Waals surface area contributed by atoms with E-state index in [1.807, 2.05) is 0 Å². The molecule has 0 bridgehead atoms. The van der Waals surface area contributed by atoms with Gasteiger partial charge in [0.2, 0.25) is 0 Å². The molecular formula is C6H5NO4. The lowest BCUT2D eigenvalue weighted by Crippen LogP contribution is -2.17. The third-order valence-corrected chi connectivity index (χ3v) is 1.31. The lowest BCUT2D eigenvalue weighted by atomic mass is 10.0. The topological polar surface area (TPSA) is 77.3 Å². The summed E-state index contributed by atoms with van der Waals surface area (Å²) in [5.41, 5.74) is -0.300. The van der Waals surface area contributed by atoms with Crippen LogP contribution in [0.4, 0.5) is 0 Å². The Kier molecular flexibility index (Phi) is 1.80. The standard InChI is InChI=1S/C6H5NO4/c8-5-1-4(7(10)11)2-6(9)3-5/h1H,2-3H2. The van der Waals surface area contributed by atoms with E-state index in [0.717, 1.165) is 6.08 Å². The van der Waals surface area contributed by atoms with Gasteiger partial charge in [0.25, 0.3) is 5.70 Å². The summed E-state index contributed by atoms with van der Waals surface area (Å²) in [6.45, 7) is 0. The monoisotopic (exact) mass is 155 g/mol. The summed E-state index contributed by atoms with van der Waals surface area (Å²) in [7, 11) is 0. The van der Waals surface area contributed by atoms with Gasteiger partial charge in [-0.15, -0.1) is 0 Å². The number of allylic oxidation sites excluding steroid dienone is 2. The molecule has 5 nitrogen and oxygen atoms in total. The fourth-order valence-electron chi connectivity index (χ4n) is 0.864. The van der Waals surface area contributed by atoms with Crippen LogP contribution in [0.1, 0.15) is 12.8 Å². The number of hydrogen-bond acceptors (Lipinski definition) is 4. The van der Waals surface area contributed by atoms with Gasteiger partial charge >= 0.3 is 0 Å². The van der Waals surface area contributed by atoms with Gasteiger partial charge in [-0.3, -0.25) is 19.7 Å². The molecule has 0 aromatic carbocycles. The van der Waals surface area contributed by atoms with E-state index in [2.05, 4.69) is 0 Å². The first-order chi connectivity index (χ1) is 5.09. The van der Waals surface area contributed by atoms with Gasteiger partial charge in [-0.05, 0) is 0 Å². The van der Waals surface area contributed by atoms with Crippen molar-refractivity contribution in [3.8, 4) is 0 Å². The van der Waals surface area contributed by atoms with Crippen molar-refractivity contribution < 1.29 is 14.5 Å². The second-order valence-electron chi connectivity index (χ2n) is 2.25. The highest BCUT2D eigenvalue weighted by molar-refractivity contribution is 6.07. The van der Waals surface area contributed by atoms with Crippen LogP contribution in [0, 0.1) is 10.1 Å². The Morgan fingerprint density at radius 3 is 2.45 bits per heavy atom. The highest BCUT2D eigenvalue weighted by atomic mass is 16.6. The van der Waals surface area contributed by atoms with E-state index in [4.69, 9.17) is 0 Å². The second-order valence-corrected chi connectivity index (χ2v) is 2.25. The molecule has 5 heteroatoms. The molecule has 0 atom stereocenters. The van der Waals surface area contributed by atoms with Crippen LogP contribution >= 0.6 is 0 Å². The van der Waals surface area contributed by atoms with E-state index >= 15 is 0 Å². The first-order valence-corrected chi connectivity index (χ1v) is 2.99. The van der Waals surface area contributed by atoms with Gasteiger partial charge in [0.1, 0.15) is 0 Å². The third-order valence-electron chi connectivity index (χ3n) is 1.31. The predicted octanol–water partition coefficient (Wildman–Crippen LogP) is 0.0790. The molecule has 1 aliphatic rings. The van der Waals surface area contributed by atoms with Crippen LogP contribution < -0.4 is 0 Å². The molecular weight excluding hydrogens is 150 g/mol. The smallest absolute Gasteiger partial charge is 0.257 e. The average Bonchev–Trinajstić information content (AvgIpc) is 1.85. The van der Waals surface area contributed by atoms with Crippen molar-refractivity contribution in [1.29, 1.82) is 0 Å². The van der Waals surface area contributed by atoms with Crippen molar-refractivity contribution in [2.24, 2.45) is 0 Å². The Labute approximate surface area is 61.8 Å². The van der Waals surface area contributed by atoms with E-state index < -0.39 is 10.7 Å². The Bertz CT molecular complexity index is 266. The van der Waals surface area contributed by atoms with Crippen molar-refractivity contribution in [2.75, 3.05) is 0 Å². The fraction of sp³-hybridized carbons (Fsp3) is 0.333. The molecule has 0 aliphatic heterocycles. The minimum absolute atomic E-state index is 0.197. The zero-order chi connectivity index (χ0) is 8.43. The molecule has 0 aromatic rings. The van der Waals surface area contributed by atoms with E-state index in [-0.39, 0.29) is 24.3 Å². The van der Waals surface area contributed by atoms with Crippen LogP contribution in [0.2, 0.25) is 0 Å². The molecule has 0 aromatic heterocycles. The van der Waals surface area contributed by atoms with Crippen molar-refractivity contribution in [3.63, 3.8) is 0 Å². The summed E-state index contributed by atoms with van der Waals surface area (Å²) in [6.07, 6.45) is 0.497. The zero-order valence-corrected chi connectivity index (χ0v) is 5.57. The summed E-state index contributed by atoms with van der Waals surface area (Å²) in [6, 6.07) is 0. The normalized spacial score (nSPS) is 18.0. The van der Waals surface area contributed by atoms with Crippen molar-refractivity contribution in [1.82, 2.24) is 0 Å². The van der Waals surface area contributed by atoms with E-state index in [0.29, 0.717) is 0 Å². The molecule has 58 valence electrons. The maximum Gasteiger partial charge on any atom is 0.257 e. The zero-order valence-electron chi connectivity index (χ0n) is 5.57. The lowest BCUT2D eigenvalue weighted by molar-refractivity contribution is -0.426. The van der Waals surface area contributed by atoms with Crippen LogP contribution in [0.3, 0.4) is 0 Å². The van der Waals surface area contributed by atoms with Crippen LogP contribution in [0.5, 0.6) is 0 Å². The van der Waals surface area contributed by atoms with E-state index in [1.165, 1.54) is 0 Å². The van der Waals surface area contributed by atoms with E-state index in [1.54, 1.807) is 0 Å². The van der Waals surface area contributed by atoms with Gasteiger partial charge in [0.05, 0.1) is 23.8 Å². The number of nitro groups is 1. The highest BCUT2D eigenvalue weighted by Gasteiger charge is 2.24. The molecule has 0 heterocycles. The predicted molar refractivity (Wildman–Crippen MR) is 34.3 cm³/mol. The maximum atomic E-state index is 10.6. The van der Waals surface area contributed by atoms with Crippen LogP contribution in [0.15, 0.2) is 11.8 Å². The van der Waals surface area contributed by atoms with Gasteiger partial charge in [0, 0.05) is 0 Å². The minimum atomic E-state index is -0.699. The van der Waals surface area contributed by atoms with Gasteiger partial charge in [-0.25, -0.2) is 0 Å². The molecule has 0 radical (unpaired) electrons. The Hall–Kier alpha value is -1.52. The van der Waals surface area contributed by atoms with Crippen molar-refractivity contribution in [3.05, 3.63) is 21.9 Å². The number of nitrogens with zero attached hydrogens (tertiary/aromatic N) is 1. The Balaban J connectivity index is 2.89. The summed E-state index contributed by atoms with van der Waals surface area (Å²) in [4.78, 5) is 30.6. The highest BCUT2D eigenvalue weighted by Crippen LogP contribution is 2.11. The molecule has 0 amide bonds. The molecule has 0 spiro atoms. The fourth-order valence-corrected chi connectivity index (χ4v) is 0.864. The molecule has 0 saturated carbocycles. The quantitative estimate of drug-likeness (QED) is 0.305. The first kappa shape index (κ1) is 7.59. The summed E-state index contributed by atoms with van der Waals surface area (Å²) in [5.74, 6) is -0.864. The van der Waals surface area contributed by atoms with Gasteiger partial charge < -0.3 is 0 Å². The van der Waals surface area contributed by atoms with E-state index in [9.17, 15) is 19.7 Å². The molecule has 1 rings (SSSR count). The molecule has 1 aliphatic carbocycles. The maximum absolute atomic E-state index is 10.6. The molecule has 0 N–H and O–H groups in total. The average molecular weight is 155 g/mol. The van der Waals surface area contributed by atoms with Crippen LogP contribution in [0.25, 0.3) is 0 Å². The largest absolute Gasteiger partial charge is 0.299 e. The SMILES string of the molecule is O=C1C=C([N+](=O)[O-])CC(=O)C1. The molecule has 0 unspecified atom stereocenters. The van der Waals surface area contributed by atoms with Crippen LogP contribution in [-0.2, 0) is 9.59 Å². The second kappa shape index (κ2) is 2.61. The number of Topliss-reactive ketones (excluding diaryl/α,β-unsaturated/α-hetero) is 1. The van der Waals surface area contributed by atoms with Crippen LogP contribution in [-0.4, -0.2) is 16.5 Å². The Morgan fingerprint density at radius 2 is 2.00 bits per heavy atom. The molecule has 0 saturated heterocycles. The number of rotatable bonds is 1. The first-order valence-electron chi connectivity index (χ1n) is 2.99. The van der Waals surface area contributed by atoms with Gasteiger partial charge in [0.15, 0.2) is 11.6 Å².